The maximum atomic E-state index is 12.1. The molecule has 1 saturated carbocycles. The van der Waals surface area contributed by atoms with Gasteiger partial charge in [0.15, 0.2) is 17.1 Å². The fraction of sp³-hybridized carbons (Fsp3) is 0.412. The molecule has 1 aromatic carbocycles. The zero-order valence-electron chi connectivity index (χ0n) is 14.0. The second-order valence-electron chi connectivity index (χ2n) is 6.53. The standard InChI is InChI=1S/C17H19NO9/c19-10-3-8(4-12-15(10)27-7-26-12)1-2-13(21)18-9-5-17(25,16(23)24)6-11(20)14(9)22/h1-4,9,11,14,19-20,22,25H,5-7H2,(H,18,21)(H,23,24)/b2-1+/t9-,11+,14-,17+/m0/s1. The van der Waals surface area contributed by atoms with Crippen molar-refractivity contribution in [2.24, 2.45) is 0 Å². The summed E-state index contributed by atoms with van der Waals surface area (Å²) in [7, 11) is 0. The Hall–Kier alpha value is -2.82. The number of phenolic OH excluding ortho intramolecular Hbond substituents is 1. The first-order chi connectivity index (χ1) is 12.7. The molecule has 0 spiro atoms. The van der Waals surface area contributed by atoms with Gasteiger partial charge in [-0.1, -0.05) is 0 Å². The van der Waals surface area contributed by atoms with Crippen LogP contribution in [0.1, 0.15) is 18.4 Å². The molecule has 0 saturated heterocycles. The molecule has 1 aliphatic heterocycles. The summed E-state index contributed by atoms with van der Waals surface area (Å²) in [5.74, 6) is -1.84. The van der Waals surface area contributed by atoms with Crippen LogP contribution in [0.15, 0.2) is 18.2 Å². The van der Waals surface area contributed by atoms with Crippen molar-refractivity contribution in [2.75, 3.05) is 6.79 Å². The molecular weight excluding hydrogens is 362 g/mol. The van der Waals surface area contributed by atoms with Crippen LogP contribution in [0.5, 0.6) is 17.2 Å². The fourth-order valence-corrected chi connectivity index (χ4v) is 3.13. The molecule has 1 fully saturated rings. The number of aromatic hydroxyl groups is 1. The predicted molar refractivity (Wildman–Crippen MR) is 89.0 cm³/mol. The minimum atomic E-state index is -2.25. The van der Waals surface area contributed by atoms with E-state index in [2.05, 4.69) is 5.32 Å². The Labute approximate surface area is 153 Å². The number of hydrogen-bond donors (Lipinski definition) is 6. The summed E-state index contributed by atoms with van der Waals surface area (Å²) < 4.78 is 10.2. The first kappa shape index (κ1) is 19.0. The number of rotatable bonds is 4. The summed E-state index contributed by atoms with van der Waals surface area (Å²) in [4.78, 5) is 23.3. The van der Waals surface area contributed by atoms with E-state index in [0.717, 1.165) is 6.08 Å². The highest BCUT2D eigenvalue weighted by molar-refractivity contribution is 5.92. The van der Waals surface area contributed by atoms with Gasteiger partial charge in [-0.15, -0.1) is 0 Å². The van der Waals surface area contributed by atoms with Crippen molar-refractivity contribution in [3.05, 3.63) is 23.8 Å². The predicted octanol–water partition coefficient (Wildman–Crippen LogP) is -1.05. The Morgan fingerprint density at radius 1 is 1.22 bits per heavy atom. The molecule has 1 aromatic rings. The van der Waals surface area contributed by atoms with E-state index in [0.29, 0.717) is 11.3 Å². The molecule has 0 aromatic heterocycles. The molecule has 146 valence electrons. The second-order valence-corrected chi connectivity index (χ2v) is 6.53. The van der Waals surface area contributed by atoms with E-state index >= 15 is 0 Å². The van der Waals surface area contributed by atoms with Gasteiger partial charge >= 0.3 is 5.97 Å². The Balaban J connectivity index is 1.69. The summed E-state index contributed by atoms with van der Waals surface area (Å²) in [5, 5.41) is 51.1. The fourth-order valence-electron chi connectivity index (χ4n) is 3.13. The smallest absolute Gasteiger partial charge is 0.335 e. The van der Waals surface area contributed by atoms with Gasteiger partial charge in [-0.2, -0.15) is 0 Å². The molecule has 2 aliphatic rings. The second kappa shape index (κ2) is 7.06. The van der Waals surface area contributed by atoms with E-state index in [1.165, 1.54) is 12.1 Å². The van der Waals surface area contributed by atoms with Crippen LogP contribution in [-0.4, -0.2) is 68.1 Å². The number of aliphatic hydroxyl groups excluding tert-OH is 2. The van der Waals surface area contributed by atoms with E-state index in [1.807, 2.05) is 0 Å². The van der Waals surface area contributed by atoms with E-state index in [1.54, 1.807) is 6.07 Å². The number of carboxylic acids is 1. The monoisotopic (exact) mass is 381 g/mol. The summed E-state index contributed by atoms with van der Waals surface area (Å²) in [6.45, 7) is -0.0229. The number of carbonyl (C=O) groups is 2. The molecule has 0 unspecified atom stereocenters. The van der Waals surface area contributed by atoms with Gasteiger partial charge in [0.2, 0.25) is 18.4 Å². The van der Waals surface area contributed by atoms with Gasteiger partial charge in [0.05, 0.1) is 12.1 Å². The molecule has 6 N–H and O–H groups in total. The minimum absolute atomic E-state index is 0.0229. The number of fused-ring (bicyclic) bond motifs is 1. The quantitative estimate of drug-likeness (QED) is 0.357. The average molecular weight is 381 g/mol. The summed E-state index contributed by atoms with van der Waals surface area (Å²) in [6.07, 6.45) is -1.44. The number of phenols is 1. The van der Waals surface area contributed by atoms with Crippen LogP contribution in [0.3, 0.4) is 0 Å². The highest BCUT2D eigenvalue weighted by Gasteiger charge is 2.49. The van der Waals surface area contributed by atoms with Crippen molar-refractivity contribution < 1.29 is 44.6 Å². The number of carbonyl (C=O) groups excluding carboxylic acids is 1. The number of aliphatic hydroxyl groups is 3. The SMILES string of the molecule is O=C(/C=C/c1cc(O)c2c(c1)OCO2)N[C@H]1C[C@](O)(C(=O)O)C[C@@H](O)[C@H]1O. The first-order valence-electron chi connectivity index (χ1n) is 8.13. The van der Waals surface area contributed by atoms with Gasteiger partial charge < -0.3 is 40.3 Å². The average Bonchev–Trinajstić information content (AvgIpc) is 3.06. The van der Waals surface area contributed by atoms with Crippen LogP contribution in [-0.2, 0) is 9.59 Å². The zero-order chi connectivity index (χ0) is 19.8. The van der Waals surface area contributed by atoms with E-state index in [4.69, 9.17) is 14.6 Å². The molecule has 0 radical (unpaired) electrons. The Bertz CT molecular complexity index is 793. The van der Waals surface area contributed by atoms with Gasteiger partial charge in [-0.25, -0.2) is 4.79 Å². The summed E-state index contributed by atoms with van der Waals surface area (Å²) in [5.41, 5.74) is -1.80. The Morgan fingerprint density at radius 2 is 1.96 bits per heavy atom. The van der Waals surface area contributed by atoms with E-state index in [-0.39, 0.29) is 18.3 Å². The maximum absolute atomic E-state index is 12.1. The van der Waals surface area contributed by atoms with Crippen LogP contribution in [0, 0.1) is 0 Å². The van der Waals surface area contributed by atoms with Crippen molar-refractivity contribution >= 4 is 18.0 Å². The molecule has 1 aliphatic carbocycles. The van der Waals surface area contributed by atoms with Crippen LogP contribution in [0.4, 0.5) is 0 Å². The minimum Gasteiger partial charge on any atom is -0.504 e. The van der Waals surface area contributed by atoms with E-state index in [9.17, 15) is 30.0 Å². The lowest BCUT2D eigenvalue weighted by Crippen LogP contribution is -2.60. The normalized spacial score (nSPS) is 29.7. The molecule has 10 nitrogen and oxygen atoms in total. The van der Waals surface area contributed by atoms with Crippen LogP contribution >= 0.6 is 0 Å². The largest absolute Gasteiger partial charge is 0.504 e. The maximum Gasteiger partial charge on any atom is 0.335 e. The van der Waals surface area contributed by atoms with Crippen molar-refractivity contribution in [2.45, 2.75) is 36.7 Å². The van der Waals surface area contributed by atoms with Crippen molar-refractivity contribution in [1.82, 2.24) is 5.32 Å². The number of benzene rings is 1. The number of hydrogen-bond acceptors (Lipinski definition) is 8. The number of nitrogens with one attached hydrogen (secondary N) is 1. The van der Waals surface area contributed by atoms with Crippen LogP contribution in [0.2, 0.25) is 0 Å². The van der Waals surface area contributed by atoms with Crippen molar-refractivity contribution in [1.29, 1.82) is 0 Å². The Kier molecular flexibility index (Phi) is 4.96. The lowest BCUT2D eigenvalue weighted by Gasteiger charge is -2.39. The molecule has 10 heteroatoms. The first-order valence-corrected chi connectivity index (χ1v) is 8.13. The van der Waals surface area contributed by atoms with Gasteiger partial charge in [0, 0.05) is 18.9 Å². The van der Waals surface area contributed by atoms with Gasteiger partial charge in [0.1, 0.15) is 6.10 Å². The molecule has 1 heterocycles. The third-order valence-corrected chi connectivity index (χ3v) is 4.54. The van der Waals surface area contributed by atoms with Crippen LogP contribution in [0.25, 0.3) is 6.08 Å². The topological polar surface area (TPSA) is 166 Å². The third kappa shape index (κ3) is 3.82. The molecule has 3 rings (SSSR count). The highest BCUT2D eigenvalue weighted by atomic mass is 16.7. The number of carboxylic acid groups (broad SMARTS) is 1. The molecule has 0 bridgehead atoms. The number of amides is 1. The van der Waals surface area contributed by atoms with Gasteiger partial charge in [-0.3, -0.25) is 4.79 Å². The van der Waals surface area contributed by atoms with Crippen LogP contribution < -0.4 is 14.8 Å². The third-order valence-electron chi connectivity index (χ3n) is 4.54. The number of aliphatic carboxylic acids is 1. The molecular formula is C17H19NO9. The van der Waals surface area contributed by atoms with Gasteiger partial charge in [-0.05, 0) is 23.8 Å². The zero-order valence-corrected chi connectivity index (χ0v) is 14.0. The lowest BCUT2D eigenvalue weighted by molar-refractivity contribution is -0.175. The summed E-state index contributed by atoms with van der Waals surface area (Å²) >= 11 is 0. The lowest BCUT2D eigenvalue weighted by atomic mass is 9.78. The molecule has 1 amide bonds. The summed E-state index contributed by atoms with van der Waals surface area (Å²) in [6, 6.07) is 1.76. The number of ether oxygens (including phenoxy) is 2. The molecule has 4 atom stereocenters. The highest BCUT2D eigenvalue weighted by Crippen LogP contribution is 2.41. The van der Waals surface area contributed by atoms with E-state index < -0.39 is 48.6 Å². The van der Waals surface area contributed by atoms with Crippen molar-refractivity contribution in [3.63, 3.8) is 0 Å². The van der Waals surface area contributed by atoms with Crippen molar-refractivity contribution in [3.8, 4) is 17.2 Å². The molecule has 27 heavy (non-hydrogen) atoms. The Morgan fingerprint density at radius 3 is 2.67 bits per heavy atom. The van der Waals surface area contributed by atoms with Gasteiger partial charge in [0.25, 0.3) is 0 Å².